The van der Waals surface area contributed by atoms with Crippen molar-refractivity contribution in [3.63, 3.8) is 0 Å². The zero-order chi connectivity index (χ0) is 38.3. The van der Waals surface area contributed by atoms with Crippen molar-refractivity contribution >= 4 is 86.2 Å². The number of ketones is 1. The number of Topliss-reactive ketones (excluding diaryl/α,β-unsaturated/α-hetero) is 1. The Morgan fingerprint density at radius 1 is 0.679 bits per heavy atom. The molecule has 16 nitrogen and oxygen atoms in total. The second-order valence-corrected chi connectivity index (χ2v) is 15.5. The molecular weight excluding hydrogens is 820 g/mol. The summed E-state index contributed by atoms with van der Waals surface area (Å²) >= 11 is 0. The number of allylic oxidation sites excluding steroid dienone is 1. The molecule has 1 aliphatic carbocycles. The van der Waals surface area contributed by atoms with E-state index in [9.17, 15) is 48.5 Å². The van der Waals surface area contributed by atoms with Crippen LogP contribution in [0.5, 0.6) is 0 Å². The SMILES string of the molecule is Cc1cc(NC(=O)c2ccc(N/N=C3/C=C(S(=O)(=O)[O-])c4ccccc4C3=O)cc2)ccc1N=Nc1ccc2cc(S(=O)(=O)[O-])cc(S(=O)(=O)[O-])c2c1.[Na+].[Na+].[Na+]. The van der Waals surface area contributed by atoms with Crippen molar-refractivity contribution in [3.8, 4) is 0 Å². The van der Waals surface area contributed by atoms with Crippen LogP contribution in [0.1, 0.15) is 31.8 Å². The maximum atomic E-state index is 13.0. The van der Waals surface area contributed by atoms with Gasteiger partial charge in [-0.2, -0.15) is 15.3 Å². The van der Waals surface area contributed by atoms with Crippen LogP contribution in [-0.4, -0.2) is 56.3 Å². The molecule has 56 heavy (non-hydrogen) atoms. The van der Waals surface area contributed by atoms with E-state index in [1.165, 1.54) is 66.7 Å². The molecule has 22 heteroatoms. The van der Waals surface area contributed by atoms with E-state index in [1.54, 1.807) is 25.1 Å². The number of carbonyl (C=O) groups is 2. The summed E-state index contributed by atoms with van der Waals surface area (Å²) in [5.74, 6) is -1.06. The van der Waals surface area contributed by atoms with Gasteiger partial charge in [-0.3, -0.25) is 15.0 Å². The van der Waals surface area contributed by atoms with Crippen LogP contribution in [0.3, 0.4) is 0 Å². The number of anilines is 2. The van der Waals surface area contributed by atoms with Crippen LogP contribution in [0.15, 0.2) is 128 Å². The molecule has 0 radical (unpaired) electrons. The van der Waals surface area contributed by atoms with E-state index in [0.717, 1.165) is 12.1 Å². The fourth-order valence-corrected chi connectivity index (χ4v) is 7.30. The van der Waals surface area contributed by atoms with Crippen LogP contribution in [0.25, 0.3) is 15.7 Å². The van der Waals surface area contributed by atoms with Crippen molar-refractivity contribution in [3.05, 3.63) is 125 Å². The Balaban J connectivity index is 0.00000280. The standard InChI is InChI=1S/C34H25N5O11S3.3Na/c1-19-14-23(12-13-29(19)38-37-24-11-8-21-15-25(51(42,43)44)17-31(28(21)16-24)52(45,46)47)35-34(41)20-6-9-22(10-7-20)36-39-30-18-32(53(48,49)50)26-4-2-3-5-27(26)33(30)40;;;/h2-18,36H,1H3,(H,35,41)(H,42,43,44)(H,45,46,47)(H,48,49,50);;;/q;3*+1/p-3/b38-37?,39-30-;;;. The molecule has 6 rings (SSSR count). The molecule has 0 unspecified atom stereocenters. The van der Waals surface area contributed by atoms with Gasteiger partial charge in [0.2, 0.25) is 5.78 Å². The number of hydrogen-bond donors (Lipinski definition) is 2. The van der Waals surface area contributed by atoms with Crippen molar-refractivity contribution < 1.29 is 137 Å². The molecule has 0 aliphatic heterocycles. The number of aryl methyl sites for hydroxylation is 1. The number of nitrogens with one attached hydrogen (secondary N) is 2. The fraction of sp³-hybridized carbons (Fsp3) is 0.0294. The van der Waals surface area contributed by atoms with Gasteiger partial charge in [0, 0.05) is 27.8 Å². The largest absolute Gasteiger partial charge is 1.00 e. The fourth-order valence-electron chi connectivity index (χ4n) is 5.27. The molecule has 0 heterocycles. The van der Waals surface area contributed by atoms with Crippen molar-refractivity contribution in [2.24, 2.45) is 15.3 Å². The average Bonchev–Trinajstić information content (AvgIpc) is 3.09. The molecule has 0 saturated carbocycles. The van der Waals surface area contributed by atoms with Crippen molar-refractivity contribution in [1.29, 1.82) is 0 Å². The van der Waals surface area contributed by atoms with E-state index in [2.05, 4.69) is 26.1 Å². The normalized spacial score (nSPS) is 13.5. The van der Waals surface area contributed by atoms with Gasteiger partial charge in [0.05, 0.1) is 31.8 Å². The van der Waals surface area contributed by atoms with Gasteiger partial charge in [0.1, 0.15) is 36.1 Å². The Kier molecular flexibility index (Phi) is 15.9. The van der Waals surface area contributed by atoms with Gasteiger partial charge < -0.3 is 19.0 Å². The number of fused-ring (bicyclic) bond motifs is 2. The molecule has 0 spiro atoms. The van der Waals surface area contributed by atoms with Crippen LogP contribution in [0, 0.1) is 6.92 Å². The number of benzene rings is 5. The second kappa shape index (κ2) is 18.7. The molecule has 0 atom stereocenters. The Hall–Kier alpha value is -2.96. The Morgan fingerprint density at radius 3 is 1.93 bits per heavy atom. The number of hydrazone groups is 1. The van der Waals surface area contributed by atoms with Gasteiger partial charge in [-0.1, -0.05) is 30.3 Å². The van der Waals surface area contributed by atoms with Crippen LogP contribution in [0.2, 0.25) is 0 Å². The quantitative estimate of drug-likeness (QED) is 0.0626. The Labute approximate surface area is 387 Å². The topological polar surface area (TPSA) is 267 Å². The molecular formula is C34H22N5Na3O11S3. The maximum Gasteiger partial charge on any atom is 1.00 e. The van der Waals surface area contributed by atoms with Gasteiger partial charge in [-0.05, 0) is 90.7 Å². The summed E-state index contributed by atoms with van der Waals surface area (Å²) in [6.07, 6.45) is 0.907. The first-order chi connectivity index (χ1) is 24.9. The molecule has 1 aliphatic rings. The summed E-state index contributed by atoms with van der Waals surface area (Å²) in [6, 6.07) is 21.8. The zero-order valence-electron chi connectivity index (χ0n) is 29.9. The van der Waals surface area contributed by atoms with Gasteiger partial charge in [-0.15, -0.1) is 0 Å². The summed E-state index contributed by atoms with van der Waals surface area (Å²) in [5, 5.41) is 14.8. The van der Waals surface area contributed by atoms with Crippen molar-refractivity contribution in [1.82, 2.24) is 0 Å². The molecule has 0 saturated heterocycles. The molecule has 5 aromatic carbocycles. The third-order valence-corrected chi connectivity index (χ3v) is 10.4. The zero-order valence-corrected chi connectivity index (χ0v) is 38.3. The van der Waals surface area contributed by atoms with Crippen LogP contribution < -0.4 is 99.4 Å². The summed E-state index contributed by atoms with van der Waals surface area (Å²) in [7, 11) is -15.1. The number of amides is 1. The van der Waals surface area contributed by atoms with Crippen LogP contribution >= 0.6 is 0 Å². The van der Waals surface area contributed by atoms with E-state index in [-0.39, 0.29) is 128 Å². The smallest absolute Gasteiger partial charge is 0.744 e. The van der Waals surface area contributed by atoms with Crippen molar-refractivity contribution in [2.45, 2.75) is 16.7 Å². The maximum absolute atomic E-state index is 13.0. The number of carbonyl (C=O) groups excluding carboxylic acids is 2. The minimum atomic E-state index is -5.17. The average molecular weight is 842 g/mol. The third-order valence-electron chi connectivity index (χ3n) is 7.82. The molecule has 1 amide bonds. The summed E-state index contributed by atoms with van der Waals surface area (Å²) in [6.45, 7) is 1.69. The first-order valence-electron chi connectivity index (χ1n) is 15.0. The van der Waals surface area contributed by atoms with E-state index < -0.39 is 56.7 Å². The predicted molar refractivity (Wildman–Crippen MR) is 189 cm³/mol. The molecule has 270 valence electrons. The molecule has 0 fully saturated rings. The first kappa shape index (κ1) is 47.4. The molecule has 0 aromatic heterocycles. The predicted octanol–water partition coefficient (Wildman–Crippen LogP) is -3.81. The number of hydrogen-bond acceptors (Lipinski definition) is 15. The summed E-state index contributed by atoms with van der Waals surface area (Å²) < 4.78 is 105. The van der Waals surface area contributed by atoms with E-state index in [0.29, 0.717) is 28.7 Å². The van der Waals surface area contributed by atoms with Gasteiger partial charge in [0.15, 0.2) is 0 Å². The monoisotopic (exact) mass is 841 g/mol. The number of azo groups is 1. The Bertz CT molecular complexity index is 2820. The second-order valence-electron chi connectivity index (χ2n) is 11.4. The van der Waals surface area contributed by atoms with Crippen LogP contribution in [-0.2, 0) is 30.4 Å². The number of nitrogens with zero attached hydrogens (tertiary/aromatic N) is 3. The molecule has 0 bridgehead atoms. The third kappa shape index (κ3) is 10.9. The van der Waals surface area contributed by atoms with Crippen LogP contribution in [0.4, 0.5) is 22.7 Å². The minimum Gasteiger partial charge on any atom is -0.744 e. The van der Waals surface area contributed by atoms with E-state index >= 15 is 0 Å². The van der Waals surface area contributed by atoms with Gasteiger partial charge >= 0.3 is 88.7 Å². The van der Waals surface area contributed by atoms with E-state index in [1.807, 2.05) is 0 Å². The summed E-state index contributed by atoms with van der Waals surface area (Å²) in [5.41, 5.74) is 4.43. The van der Waals surface area contributed by atoms with E-state index in [4.69, 9.17) is 0 Å². The van der Waals surface area contributed by atoms with Crippen molar-refractivity contribution in [2.75, 3.05) is 10.7 Å². The van der Waals surface area contributed by atoms with Gasteiger partial charge in [0.25, 0.3) is 5.91 Å². The number of rotatable bonds is 9. The minimum absolute atomic E-state index is 0. The molecule has 5 aromatic rings. The molecule has 2 N–H and O–H groups in total. The first-order valence-corrected chi connectivity index (χ1v) is 19.2. The summed E-state index contributed by atoms with van der Waals surface area (Å²) in [4.78, 5) is 23.5. The van der Waals surface area contributed by atoms with Gasteiger partial charge in [-0.25, -0.2) is 25.3 Å². The Morgan fingerprint density at radius 2 is 1.32 bits per heavy atom.